The molecular weight excluding hydrogens is 702 g/mol. The maximum atomic E-state index is 14.7. The van der Waals surface area contributed by atoms with Gasteiger partial charge in [-0.3, -0.25) is 23.9 Å². The van der Waals surface area contributed by atoms with E-state index in [9.17, 15) is 13.8 Å². The first-order chi connectivity index (χ1) is 25.0. The van der Waals surface area contributed by atoms with E-state index in [2.05, 4.69) is 37.8 Å². The third kappa shape index (κ3) is 9.18. The Balaban J connectivity index is 1.51. The number of hydrogen-bond donors (Lipinski definition) is 1. The van der Waals surface area contributed by atoms with Gasteiger partial charge in [-0.2, -0.15) is 0 Å². The van der Waals surface area contributed by atoms with Crippen LogP contribution in [0.3, 0.4) is 0 Å². The number of halogens is 1. The third-order valence-electron chi connectivity index (χ3n) is 10.6. The number of amides is 2. The van der Waals surface area contributed by atoms with Crippen molar-refractivity contribution in [1.29, 1.82) is 0 Å². The second kappa shape index (κ2) is 18.1. The first kappa shape index (κ1) is 39.8. The molecule has 3 aliphatic rings. The summed E-state index contributed by atoms with van der Waals surface area (Å²) >= 11 is 6.48. The quantitative estimate of drug-likeness (QED) is 0.218. The Morgan fingerprint density at radius 3 is 2.69 bits per heavy atom. The van der Waals surface area contributed by atoms with Crippen molar-refractivity contribution in [3.8, 4) is 5.88 Å². The molecule has 0 radical (unpaired) electrons. The van der Waals surface area contributed by atoms with Gasteiger partial charge in [-0.25, -0.2) is 4.21 Å². The molecule has 2 amide bonds. The molecule has 0 saturated heterocycles. The zero-order valence-corrected chi connectivity index (χ0v) is 32.7. The van der Waals surface area contributed by atoms with Gasteiger partial charge in [0.25, 0.3) is 11.8 Å². The van der Waals surface area contributed by atoms with Crippen molar-refractivity contribution in [2.45, 2.75) is 95.6 Å². The van der Waals surface area contributed by atoms with Gasteiger partial charge in [0.1, 0.15) is 21.2 Å². The Hall–Kier alpha value is -3.45. The minimum Gasteiger partial charge on any atom is -0.496 e. The molecule has 2 aliphatic carbocycles. The molecule has 13 heteroatoms. The van der Waals surface area contributed by atoms with E-state index in [1.165, 1.54) is 29.1 Å². The lowest BCUT2D eigenvalue weighted by atomic mass is 9.70. The molecule has 1 aliphatic heterocycles. The fourth-order valence-electron chi connectivity index (χ4n) is 7.63. The number of rotatable bonds is 13. The lowest BCUT2D eigenvalue weighted by Crippen LogP contribution is -2.47. The van der Waals surface area contributed by atoms with Gasteiger partial charge in [0.2, 0.25) is 5.88 Å². The number of nitrogens with one attached hydrogen (secondary N) is 1. The van der Waals surface area contributed by atoms with Gasteiger partial charge in [-0.15, -0.1) is 16.0 Å². The normalized spacial score (nSPS) is 23.0. The molecule has 0 bridgehead atoms. The number of carbonyl (C=O) groups is 2. The van der Waals surface area contributed by atoms with Crippen LogP contribution in [0.15, 0.2) is 64.9 Å². The number of hydrogen-bond acceptors (Lipinski definition) is 8. The highest BCUT2D eigenvalue weighted by Crippen LogP contribution is 2.41. The summed E-state index contributed by atoms with van der Waals surface area (Å²) in [5.41, 5.74) is 2.94. The molecule has 2 heterocycles. The number of carbonyl (C=O) groups excluding carboxylic acids is 2. The highest BCUT2D eigenvalue weighted by Gasteiger charge is 2.40. The predicted molar refractivity (Wildman–Crippen MR) is 204 cm³/mol. The van der Waals surface area contributed by atoms with E-state index >= 15 is 0 Å². The number of nitrogens with zero attached hydrogens (tertiary/aromatic N) is 4. The Morgan fingerprint density at radius 1 is 1.21 bits per heavy atom. The van der Waals surface area contributed by atoms with Crippen molar-refractivity contribution in [3.05, 3.63) is 82.2 Å². The summed E-state index contributed by atoms with van der Waals surface area (Å²) in [5.74, 6) is 0.322. The van der Waals surface area contributed by atoms with E-state index in [0.29, 0.717) is 61.3 Å². The fourth-order valence-corrected chi connectivity index (χ4v) is 9.93. The van der Waals surface area contributed by atoms with Crippen LogP contribution in [-0.2, 0) is 44.2 Å². The van der Waals surface area contributed by atoms with Gasteiger partial charge in [0.05, 0.1) is 31.1 Å². The van der Waals surface area contributed by atoms with Crippen LogP contribution >= 0.6 is 11.6 Å². The van der Waals surface area contributed by atoms with Crippen molar-refractivity contribution in [2.24, 2.45) is 23.2 Å². The van der Waals surface area contributed by atoms with Gasteiger partial charge in [-0.1, -0.05) is 44.0 Å². The summed E-state index contributed by atoms with van der Waals surface area (Å²) in [6, 6.07) is 5.85. The van der Waals surface area contributed by atoms with Gasteiger partial charge >= 0.3 is 0 Å². The maximum Gasteiger partial charge on any atom is 0.282 e. The van der Waals surface area contributed by atoms with Crippen LogP contribution in [0.25, 0.3) is 0 Å². The van der Waals surface area contributed by atoms with Crippen LogP contribution in [0, 0.1) is 11.8 Å². The average molecular weight is 756 g/mol. The van der Waals surface area contributed by atoms with Gasteiger partial charge < -0.3 is 14.2 Å². The molecule has 6 atom stereocenters. The van der Waals surface area contributed by atoms with E-state index in [0.717, 1.165) is 44.4 Å². The Bertz CT molecular complexity index is 1800. The highest BCUT2D eigenvalue weighted by molar-refractivity contribution is 7.93. The van der Waals surface area contributed by atoms with Gasteiger partial charge in [0.15, 0.2) is 0 Å². The standard InChI is InChI=1S/C39H54ClN5O6S/c1-7-12-31(8-2)52(48,43-38(47)33-25-44(4)41-39(33)50-6)42-37(46)27-16-19-36-34(22-27)45(24-29-15-18-32(29)35(9-3)49-5)23-28-14-17-30(40)21-26(28)13-10-11-20-51-36/h9,14,16-17,19,21,25,29,31-32,34-35H,3,7-8,10-13,15,18,20,22-24H2,1-2,4-6H3,(H,42,43,46,47,48)/t29-,31+,32+,34?,35-,52?/m0/s1. The lowest BCUT2D eigenvalue weighted by Gasteiger charge is -2.45. The highest BCUT2D eigenvalue weighted by atomic mass is 35.5. The van der Waals surface area contributed by atoms with E-state index in [1.54, 1.807) is 20.2 Å². The second-order valence-electron chi connectivity index (χ2n) is 14.0. The van der Waals surface area contributed by atoms with Crippen molar-refractivity contribution >= 4 is 33.3 Å². The summed E-state index contributed by atoms with van der Waals surface area (Å²) in [4.78, 5) is 30.2. The molecule has 1 saturated carbocycles. The molecule has 5 rings (SSSR count). The topological polar surface area (TPSA) is 124 Å². The molecule has 52 heavy (non-hydrogen) atoms. The molecule has 2 unspecified atom stereocenters. The number of fused-ring (bicyclic) bond motifs is 2. The van der Waals surface area contributed by atoms with Crippen LogP contribution < -0.4 is 9.46 Å². The van der Waals surface area contributed by atoms with Crippen LogP contribution in [0.5, 0.6) is 5.88 Å². The first-order valence-corrected chi connectivity index (χ1v) is 20.4. The third-order valence-corrected chi connectivity index (χ3v) is 13.3. The summed E-state index contributed by atoms with van der Waals surface area (Å²) < 4.78 is 40.7. The predicted octanol–water partition coefficient (Wildman–Crippen LogP) is 6.97. The van der Waals surface area contributed by atoms with E-state index < -0.39 is 27.0 Å². The van der Waals surface area contributed by atoms with Crippen molar-refractivity contribution in [1.82, 2.24) is 19.4 Å². The second-order valence-corrected chi connectivity index (χ2v) is 16.6. The van der Waals surface area contributed by atoms with Crippen LogP contribution in [0.1, 0.15) is 86.7 Å². The van der Waals surface area contributed by atoms with E-state index in [-0.39, 0.29) is 23.6 Å². The summed E-state index contributed by atoms with van der Waals surface area (Å²) in [6.07, 6.45) is 13.8. The monoisotopic (exact) mass is 755 g/mol. The molecule has 1 N–H and O–H groups in total. The zero-order chi connectivity index (χ0) is 37.4. The van der Waals surface area contributed by atoms with Crippen LogP contribution in [-0.4, -0.2) is 75.5 Å². The molecule has 1 aromatic heterocycles. The smallest absolute Gasteiger partial charge is 0.282 e. The van der Waals surface area contributed by atoms with Crippen molar-refractivity contribution in [3.63, 3.8) is 0 Å². The zero-order valence-electron chi connectivity index (χ0n) is 31.1. The Morgan fingerprint density at radius 2 is 2.02 bits per heavy atom. The molecule has 2 aromatic rings. The van der Waals surface area contributed by atoms with Crippen molar-refractivity contribution < 1.29 is 28.0 Å². The lowest BCUT2D eigenvalue weighted by molar-refractivity contribution is -0.114. The molecule has 284 valence electrons. The number of methoxy groups -OCH3 is 2. The summed E-state index contributed by atoms with van der Waals surface area (Å²) in [7, 11) is 1.24. The Labute approximate surface area is 314 Å². The number of benzene rings is 1. The molecule has 1 aromatic carbocycles. The number of allylic oxidation sites excluding steroid dienone is 2. The molecule has 11 nitrogen and oxygen atoms in total. The summed E-state index contributed by atoms with van der Waals surface area (Å²) in [6.45, 7) is 9.84. The minimum absolute atomic E-state index is 0.0353. The molecular formula is C39H54ClN5O6S. The fraction of sp³-hybridized carbons (Fsp3) is 0.564. The molecule has 1 fully saturated rings. The minimum atomic E-state index is -3.56. The molecule has 0 spiro atoms. The van der Waals surface area contributed by atoms with E-state index in [4.69, 9.17) is 25.8 Å². The van der Waals surface area contributed by atoms with Crippen LogP contribution in [0.4, 0.5) is 0 Å². The first-order valence-electron chi connectivity index (χ1n) is 18.4. The van der Waals surface area contributed by atoms with E-state index in [1.807, 2.05) is 32.1 Å². The number of aromatic nitrogens is 2. The number of ether oxygens (including phenoxy) is 3. The van der Waals surface area contributed by atoms with Crippen molar-refractivity contribution in [2.75, 3.05) is 27.4 Å². The number of aryl methyl sites for hydroxylation is 2. The average Bonchev–Trinajstić information content (AvgIpc) is 3.50. The Kier molecular flexibility index (Phi) is 13.8. The van der Waals surface area contributed by atoms with Gasteiger partial charge in [-0.05, 0) is 92.2 Å². The SMILES string of the molecule is C=C[C@H](OC)[C@@H]1CC[C@H]1CN1Cc2ccc(Cl)cc2CCCCOC2=CC=C(C(=O)N=S(=O)(NC(=O)c3cn(C)nc3OC)[C@H](CC)CCC)CC21. The largest absolute Gasteiger partial charge is 0.496 e. The van der Waals surface area contributed by atoms with Crippen LogP contribution in [0.2, 0.25) is 5.02 Å². The van der Waals surface area contributed by atoms with Gasteiger partial charge in [0, 0.05) is 50.5 Å². The maximum absolute atomic E-state index is 14.7. The summed E-state index contributed by atoms with van der Waals surface area (Å²) in [5, 5.41) is 4.33.